The van der Waals surface area contributed by atoms with E-state index in [0.717, 1.165) is 24.8 Å². The van der Waals surface area contributed by atoms with Crippen molar-refractivity contribution >= 4 is 11.9 Å². The van der Waals surface area contributed by atoms with Crippen LogP contribution in [0.15, 0.2) is 30.3 Å². The number of amides is 1. The Hall–Kier alpha value is -1.88. The first-order valence-corrected chi connectivity index (χ1v) is 8.96. The molecule has 1 amide bonds. The van der Waals surface area contributed by atoms with Crippen LogP contribution in [0.3, 0.4) is 0 Å². The second-order valence-electron chi connectivity index (χ2n) is 6.97. The summed E-state index contributed by atoms with van der Waals surface area (Å²) in [6.45, 7) is 0.858. The molecule has 2 aliphatic rings. The number of carbonyl (C=O) groups excluding carboxylic acids is 1. The molecule has 0 spiro atoms. The third-order valence-electron chi connectivity index (χ3n) is 5.34. The molecule has 1 aliphatic carbocycles. The van der Waals surface area contributed by atoms with Crippen LogP contribution in [0.25, 0.3) is 0 Å². The molecule has 3 rings (SSSR count). The van der Waals surface area contributed by atoms with Gasteiger partial charge in [-0.25, -0.2) is 0 Å². The molecule has 0 aromatic heterocycles. The van der Waals surface area contributed by atoms with Gasteiger partial charge in [-0.05, 0) is 43.7 Å². The number of hydrogen-bond donors (Lipinski definition) is 2. The molecule has 1 unspecified atom stereocenters. The Labute approximate surface area is 143 Å². The largest absolute Gasteiger partial charge is 0.480 e. The summed E-state index contributed by atoms with van der Waals surface area (Å²) >= 11 is 0. The minimum absolute atomic E-state index is 0.0343. The van der Waals surface area contributed by atoms with E-state index >= 15 is 0 Å². The van der Waals surface area contributed by atoms with Crippen LogP contribution in [0.5, 0.6) is 0 Å². The lowest BCUT2D eigenvalue weighted by Gasteiger charge is -2.27. The van der Waals surface area contributed by atoms with Crippen LogP contribution in [0.4, 0.5) is 0 Å². The molecule has 5 nitrogen and oxygen atoms in total. The number of nitrogens with zero attached hydrogens (tertiary/aromatic N) is 1. The van der Waals surface area contributed by atoms with E-state index in [9.17, 15) is 14.7 Å². The Morgan fingerprint density at radius 3 is 2.50 bits per heavy atom. The highest BCUT2D eigenvalue weighted by atomic mass is 16.4. The SMILES string of the molecule is O=C(CN1CCC[C@H]1C(=O)O)NC(c1ccccc1)C1CCCC1. The maximum atomic E-state index is 12.6. The average Bonchev–Trinajstić information content (AvgIpc) is 3.25. The van der Waals surface area contributed by atoms with Crippen LogP contribution in [0.2, 0.25) is 0 Å². The van der Waals surface area contributed by atoms with Crippen LogP contribution in [0.1, 0.15) is 50.1 Å². The van der Waals surface area contributed by atoms with E-state index in [4.69, 9.17) is 0 Å². The molecule has 130 valence electrons. The van der Waals surface area contributed by atoms with Crippen molar-refractivity contribution < 1.29 is 14.7 Å². The second-order valence-corrected chi connectivity index (χ2v) is 6.97. The molecule has 1 heterocycles. The van der Waals surface area contributed by atoms with Crippen molar-refractivity contribution in [1.29, 1.82) is 0 Å². The van der Waals surface area contributed by atoms with E-state index in [1.54, 1.807) is 4.90 Å². The normalized spacial score (nSPS) is 23.2. The molecule has 1 aromatic carbocycles. The lowest BCUT2D eigenvalue weighted by Crippen LogP contribution is -2.44. The average molecular weight is 330 g/mol. The summed E-state index contributed by atoms with van der Waals surface area (Å²) in [6.07, 6.45) is 6.19. The Morgan fingerprint density at radius 1 is 1.12 bits per heavy atom. The minimum atomic E-state index is -0.823. The molecule has 24 heavy (non-hydrogen) atoms. The Balaban J connectivity index is 1.66. The van der Waals surface area contributed by atoms with E-state index < -0.39 is 12.0 Å². The summed E-state index contributed by atoms with van der Waals surface area (Å²) in [6, 6.07) is 9.65. The highest BCUT2D eigenvalue weighted by Crippen LogP contribution is 2.35. The molecule has 1 saturated heterocycles. The molecule has 5 heteroatoms. The molecule has 2 N–H and O–H groups in total. The van der Waals surface area contributed by atoms with Gasteiger partial charge in [0.15, 0.2) is 0 Å². The van der Waals surface area contributed by atoms with Gasteiger partial charge in [0.2, 0.25) is 5.91 Å². The predicted molar refractivity (Wildman–Crippen MR) is 91.5 cm³/mol. The highest BCUT2D eigenvalue weighted by Gasteiger charge is 2.33. The standard InChI is InChI=1S/C19H26N2O3/c22-17(13-21-12-6-11-16(21)19(23)24)20-18(15-9-4-5-10-15)14-7-2-1-3-8-14/h1-3,7-8,15-16,18H,4-6,9-13H2,(H,20,22)(H,23,24)/t16-,18?/m0/s1. The summed E-state index contributed by atoms with van der Waals surface area (Å²) in [5.74, 6) is -0.412. The van der Waals surface area contributed by atoms with E-state index in [2.05, 4.69) is 17.4 Å². The third kappa shape index (κ3) is 3.96. The topological polar surface area (TPSA) is 69.6 Å². The number of likely N-dealkylation sites (tertiary alicyclic amines) is 1. The lowest BCUT2D eigenvalue weighted by molar-refractivity contribution is -0.142. The Morgan fingerprint density at radius 2 is 1.83 bits per heavy atom. The van der Waals surface area contributed by atoms with Gasteiger partial charge in [0.25, 0.3) is 0 Å². The molecule has 1 saturated carbocycles. The van der Waals surface area contributed by atoms with Gasteiger partial charge in [-0.2, -0.15) is 0 Å². The number of hydrogen-bond acceptors (Lipinski definition) is 3. The number of carbonyl (C=O) groups is 2. The second kappa shape index (κ2) is 7.79. The Bertz CT molecular complexity index is 569. The Kier molecular flexibility index (Phi) is 5.51. The van der Waals surface area contributed by atoms with Crippen LogP contribution in [-0.2, 0) is 9.59 Å². The van der Waals surface area contributed by atoms with Crippen molar-refractivity contribution in [3.8, 4) is 0 Å². The fourth-order valence-corrected chi connectivity index (χ4v) is 4.12. The first kappa shape index (κ1) is 17.0. The highest BCUT2D eigenvalue weighted by molar-refractivity contribution is 5.80. The van der Waals surface area contributed by atoms with Crippen molar-refractivity contribution in [2.75, 3.05) is 13.1 Å². The number of benzene rings is 1. The minimum Gasteiger partial charge on any atom is -0.480 e. The van der Waals surface area contributed by atoms with E-state index in [-0.39, 0.29) is 18.5 Å². The van der Waals surface area contributed by atoms with Gasteiger partial charge in [-0.1, -0.05) is 43.2 Å². The van der Waals surface area contributed by atoms with Gasteiger partial charge in [-0.3, -0.25) is 14.5 Å². The van der Waals surface area contributed by atoms with Crippen LogP contribution in [0, 0.1) is 5.92 Å². The summed E-state index contributed by atoms with van der Waals surface area (Å²) in [5, 5.41) is 12.4. The number of nitrogens with one attached hydrogen (secondary N) is 1. The molecule has 2 fully saturated rings. The predicted octanol–water partition coefficient (Wildman–Crippen LogP) is 2.58. The summed E-state index contributed by atoms with van der Waals surface area (Å²) in [5.41, 5.74) is 1.15. The summed E-state index contributed by atoms with van der Waals surface area (Å²) < 4.78 is 0. The van der Waals surface area contributed by atoms with Gasteiger partial charge in [0.1, 0.15) is 6.04 Å². The number of rotatable bonds is 6. The van der Waals surface area contributed by atoms with Crippen LogP contribution in [-0.4, -0.2) is 41.0 Å². The van der Waals surface area contributed by atoms with Gasteiger partial charge < -0.3 is 10.4 Å². The molecule has 2 atom stereocenters. The van der Waals surface area contributed by atoms with Crippen LogP contribution < -0.4 is 5.32 Å². The molecular weight excluding hydrogens is 304 g/mol. The van der Waals surface area contributed by atoms with E-state index in [1.165, 1.54) is 12.8 Å². The number of aliphatic carboxylic acids is 1. The number of carboxylic acid groups (broad SMARTS) is 1. The van der Waals surface area contributed by atoms with Gasteiger partial charge in [-0.15, -0.1) is 0 Å². The fourth-order valence-electron chi connectivity index (χ4n) is 4.12. The quantitative estimate of drug-likeness (QED) is 0.841. The molecular formula is C19H26N2O3. The van der Waals surface area contributed by atoms with Crippen molar-refractivity contribution in [3.63, 3.8) is 0 Å². The first-order chi connectivity index (χ1) is 11.6. The van der Waals surface area contributed by atoms with Crippen molar-refractivity contribution in [1.82, 2.24) is 10.2 Å². The van der Waals surface area contributed by atoms with Gasteiger partial charge >= 0.3 is 5.97 Å². The van der Waals surface area contributed by atoms with Crippen molar-refractivity contribution in [2.45, 2.75) is 50.6 Å². The smallest absolute Gasteiger partial charge is 0.320 e. The van der Waals surface area contributed by atoms with E-state index in [1.807, 2.05) is 18.2 Å². The lowest BCUT2D eigenvalue weighted by atomic mass is 9.91. The molecule has 1 aliphatic heterocycles. The van der Waals surface area contributed by atoms with Crippen molar-refractivity contribution in [2.24, 2.45) is 5.92 Å². The van der Waals surface area contributed by atoms with E-state index in [0.29, 0.717) is 18.9 Å². The zero-order valence-corrected chi connectivity index (χ0v) is 14.0. The molecule has 1 aromatic rings. The fraction of sp³-hybridized carbons (Fsp3) is 0.579. The van der Waals surface area contributed by atoms with Gasteiger partial charge in [0, 0.05) is 0 Å². The van der Waals surface area contributed by atoms with Gasteiger partial charge in [0.05, 0.1) is 12.6 Å². The van der Waals surface area contributed by atoms with Crippen molar-refractivity contribution in [3.05, 3.63) is 35.9 Å². The maximum absolute atomic E-state index is 12.6. The first-order valence-electron chi connectivity index (χ1n) is 8.96. The third-order valence-corrected chi connectivity index (χ3v) is 5.34. The zero-order valence-electron chi connectivity index (χ0n) is 14.0. The molecule has 0 radical (unpaired) electrons. The summed E-state index contributed by atoms with van der Waals surface area (Å²) in [7, 11) is 0. The zero-order chi connectivity index (χ0) is 16.9. The monoisotopic (exact) mass is 330 g/mol. The summed E-state index contributed by atoms with van der Waals surface area (Å²) in [4.78, 5) is 25.6. The maximum Gasteiger partial charge on any atom is 0.320 e. The molecule has 0 bridgehead atoms. The van der Waals surface area contributed by atoms with Crippen LogP contribution >= 0.6 is 0 Å². The number of carboxylic acids is 1.